The average Bonchev–Trinajstić information content (AvgIpc) is 3.43. The molecular weight excluding hydrogens is 585 g/mol. The van der Waals surface area contributed by atoms with Crippen molar-refractivity contribution in [1.29, 1.82) is 0 Å². The number of piperazine rings is 1. The average molecular weight is 611 g/mol. The molecule has 0 bridgehead atoms. The van der Waals surface area contributed by atoms with Crippen molar-refractivity contribution in [3.05, 3.63) is 81.3 Å². The number of para-hydroxylation sites is 1. The van der Waals surface area contributed by atoms with Gasteiger partial charge in [-0.3, -0.25) is 9.48 Å². The highest BCUT2D eigenvalue weighted by Crippen LogP contribution is 2.30. The lowest BCUT2D eigenvalue weighted by Crippen LogP contribution is -2.44. The minimum atomic E-state index is -0.456. The summed E-state index contributed by atoms with van der Waals surface area (Å²) < 4.78 is 2.88. The van der Waals surface area contributed by atoms with Gasteiger partial charge < -0.3 is 15.1 Å². The van der Waals surface area contributed by atoms with Gasteiger partial charge in [0.05, 0.1) is 22.0 Å². The zero-order valence-corrected chi connectivity index (χ0v) is 24.4. The van der Waals surface area contributed by atoms with Gasteiger partial charge >= 0.3 is 0 Å². The van der Waals surface area contributed by atoms with Gasteiger partial charge in [-0.1, -0.05) is 29.3 Å². The van der Waals surface area contributed by atoms with E-state index in [4.69, 9.17) is 39.8 Å². The first-order chi connectivity index (χ1) is 19.9. The third kappa shape index (κ3) is 5.60. The molecule has 0 radical (unpaired) electrons. The van der Waals surface area contributed by atoms with Gasteiger partial charge in [-0.2, -0.15) is 14.9 Å². The second-order valence-corrected chi connectivity index (χ2v) is 10.9. The van der Waals surface area contributed by atoms with Crippen LogP contribution in [0, 0.1) is 0 Å². The maximum atomic E-state index is 13.6. The molecule has 3 aromatic heterocycles. The van der Waals surface area contributed by atoms with Crippen molar-refractivity contribution in [2.75, 3.05) is 49.3 Å². The number of benzene rings is 2. The lowest BCUT2D eigenvalue weighted by molar-refractivity contribution is 0.313. The van der Waals surface area contributed by atoms with Gasteiger partial charge in [0, 0.05) is 55.8 Å². The highest BCUT2D eigenvalue weighted by Gasteiger charge is 2.21. The van der Waals surface area contributed by atoms with Crippen molar-refractivity contribution in [1.82, 2.24) is 34.4 Å². The van der Waals surface area contributed by atoms with Crippen molar-refractivity contribution in [3.63, 3.8) is 0 Å². The predicted molar refractivity (Wildman–Crippen MR) is 164 cm³/mol. The number of likely N-dealkylation sites (N-methyl/N-ethyl adjacent to an activating group) is 1. The lowest BCUT2D eigenvalue weighted by atomic mass is 10.2. The van der Waals surface area contributed by atoms with Crippen LogP contribution < -0.4 is 15.8 Å². The quantitative estimate of drug-likeness (QED) is 0.255. The summed E-state index contributed by atoms with van der Waals surface area (Å²) in [5, 5.41) is 13.3. The maximum absolute atomic E-state index is 13.6. The van der Waals surface area contributed by atoms with Gasteiger partial charge in [-0.05, 0) is 49.5 Å². The van der Waals surface area contributed by atoms with E-state index < -0.39 is 5.56 Å². The number of rotatable bonds is 7. The summed E-state index contributed by atoms with van der Waals surface area (Å²) in [5.74, 6) is 0.717. The van der Waals surface area contributed by atoms with Crippen LogP contribution in [0.3, 0.4) is 0 Å². The highest BCUT2D eigenvalue weighted by atomic mass is 35.5. The second-order valence-electron chi connectivity index (χ2n) is 9.71. The normalized spacial score (nSPS) is 14.1. The molecule has 0 atom stereocenters. The first-order valence-electron chi connectivity index (χ1n) is 13.1. The van der Waals surface area contributed by atoms with Crippen LogP contribution in [0.4, 0.5) is 17.3 Å². The molecule has 1 fully saturated rings. The molecule has 0 saturated carbocycles. The molecule has 210 valence electrons. The number of hydrogen-bond donors (Lipinski definition) is 1. The summed E-state index contributed by atoms with van der Waals surface area (Å²) in [6.45, 7) is 4.57. The standard InChI is InChI=1S/C28H26Cl3N9O/c1-37-13-15-38(16-14-37)19-7-5-18(6-8-19)33-28-32-17-20-24(34-28)25(23-9-11-39(35-23)12-10-29)36-40(27(20)41)26-21(30)3-2-4-22(26)31/h2-9,11,17H,10,12-16H2,1H3,(H,32,33,34). The fourth-order valence-electron chi connectivity index (χ4n) is 4.75. The Labute approximate surface area is 251 Å². The molecule has 2 aromatic carbocycles. The van der Waals surface area contributed by atoms with Gasteiger partial charge in [0.25, 0.3) is 5.56 Å². The van der Waals surface area contributed by atoms with E-state index in [1.165, 1.54) is 16.6 Å². The first kappa shape index (κ1) is 27.5. The van der Waals surface area contributed by atoms with Crippen molar-refractivity contribution in [3.8, 4) is 17.1 Å². The van der Waals surface area contributed by atoms with Crippen LogP contribution in [0.15, 0.2) is 65.7 Å². The van der Waals surface area contributed by atoms with Crippen molar-refractivity contribution in [2.45, 2.75) is 6.54 Å². The number of anilines is 3. The molecule has 0 unspecified atom stereocenters. The number of alkyl halides is 1. The Morgan fingerprint density at radius 2 is 1.68 bits per heavy atom. The Morgan fingerprint density at radius 3 is 2.39 bits per heavy atom. The lowest BCUT2D eigenvalue weighted by Gasteiger charge is -2.34. The number of nitrogens with zero attached hydrogens (tertiary/aromatic N) is 8. The summed E-state index contributed by atoms with van der Waals surface area (Å²) in [6, 6.07) is 14.9. The summed E-state index contributed by atoms with van der Waals surface area (Å²) >= 11 is 18.8. The van der Waals surface area contributed by atoms with Crippen LogP contribution >= 0.6 is 34.8 Å². The maximum Gasteiger partial charge on any atom is 0.282 e. The van der Waals surface area contributed by atoms with Crippen LogP contribution in [-0.2, 0) is 6.54 Å². The smallest absolute Gasteiger partial charge is 0.282 e. The fourth-order valence-corrected chi connectivity index (χ4v) is 5.48. The Morgan fingerprint density at radius 1 is 0.951 bits per heavy atom. The third-order valence-electron chi connectivity index (χ3n) is 6.97. The Bertz CT molecular complexity index is 1740. The number of fused-ring (bicyclic) bond motifs is 1. The van der Waals surface area contributed by atoms with E-state index in [-0.39, 0.29) is 21.1 Å². The van der Waals surface area contributed by atoms with E-state index in [1.807, 2.05) is 12.1 Å². The summed E-state index contributed by atoms with van der Waals surface area (Å²) in [7, 11) is 2.14. The minimum Gasteiger partial charge on any atom is -0.369 e. The van der Waals surface area contributed by atoms with Crippen LogP contribution in [0.2, 0.25) is 10.0 Å². The molecule has 41 heavy (non-hydrogen) atoms. The van der Waals surface area contributed by atoms with Gasteiger partial charge in [0.2, 0.25) is 5.95 Å². The molecule has 1 saturated heterocycles. The van der Waals surface area contributed by atoms with E-state index in [2.05, 4.69) is 49.5 Å². The van der Waals surface area contributed by atoms with Gasteiger partial charge in [0.1, 0.15) is 22.6 Å². The molecule has 0 amide bonds. The van der Waals surface area contributed by atoms with E-state index in [0.717, 1.165) is 31.9 Å². The van der Waals surface area contributed by atoms with Gasteiger partial charge in [0.15, 0.2) is 0 Å². The zero-order valence-electron chi connectivity index (χ0n) is 22.1. The van der Waals surface area contributed by atoms with E-state index in [0.29, 0.717) is 35.3 Å². The van der Waals surface area contributed by atoms with Crippen LogP contribution in [-0.4, -0.2) is 73.5 Å². The molecule has 1 aliphatic heterocycles. The predicted octanol–water partition coefficient (Wildman–Crippen LogP) is 5.08. The molecule has 10 nitrogen and oxygen atoms in total. The number of hydrogen-bond acceptors (Lipinski definition) is 8. The summed E-state index contributed by atoms with van der Waals surface area (Å²) in [5.41, 5.74) is 3.03. The number of halogens is 3. The number of nitrogens with one attached hydrogen (secondary N) is 1. The molecule has 1 N–H and O–H groups in total. The van der Waals surface area contributed by atoms with E-state index >= 15 is 0 Å². The molecule has 6 rings (SSSR count). The molecular formula is C28H26Cl3N9O. The van der Waals surface area contributed by atoms with Crippen LogP contribution in [0.1, 0.15) is 0 Å². The first-order valence-corrected chi connectivity index (χ1v) is 14.3. The van der Waals surface area contributed by atoms with E-state index in [1.54, 1.807) is 35.1 Å². The van der Waals surface area contributed by atoms with Crippen molar-refractivity contribution < 1.29 is 0 Å². The summed E-state index contributed by atoms with van der Waals surface area (Å²) in [4.78, 5) is 27.5. The monoisotopic (exact) mass is 609 g/mol. The van der Waals surface area contributed by atoms with Gasteiger partial charge in [-0.25, -0.2) is 9.97 Å². The molecule has 0 aliphatic carbocycles. The fraction of sp³-hybridized carbons (Fsp3) is 0.250. The molecule has 13 heteroatoms. The van der Waals surface area contributed by atoms with Gasteiger partial charge in [-0.15, -0.1) is 11.6 Å². The van der Waals surface area contributed by atoms with Crippen LogP contribution in [0.5, 0.6) is 0 Å². The van der Waals surface area contributed by atoms with Crippen molar-refractivity contribution in [2.24, 2.45) is 0 Å². The second kappa shape index (κ2) is 11.7. The molecule has 5 aromatic rings. The Balaban J connectivity index is 1.40. The molecule has 0 spiro atoms. The van der Waals surface area contributed by atoms with Crippen molar-refractivity contribution >= 4 is 63.0 Å². The van der Waals surface area contributed by atoms with E-state index in [9.17, 15) is 4.79 Å². The number of aryl methyl sites for hydroxylation is 1. The highest BCUT2D eigenvalue weighted by molar-refractivity contribution is 6.37. The largest absolute Gasteiger partial charge is 0.369 e. The summed E-state index contributed by atoms with van der Waals surface area (Å²) in [6.07, 6.45) is 3.28. The minimum absolute atomic E-state index is 0.244. The SMILES string of the molecule is CN1CCN(c2ccc(Nc3ncc4c(=O)n(-c5c(Cl)cccc5Cl)nc(-c5ccn(CCCl)n5)c4n3)cc2)CC1. The zero-order chi connectivity index (χ0) is 28.5. The topological polar surface area (TPSA) is 97.0 Å². The molecule has 1 aliphatic rings. The third-order valence-corrected chi connectivity index (χ3v) is 7.75. The molecule has 4 heterocycles. The van der Waals surface area contributed by atoms with Crippen LogP contribution in [0.25, 0.3) is 28.0 Å². The number of aromatic nitrogens is 6. The Hall–Kier alpha value is -3.70. The Kier molecular flexibility index (Phi) is 7.81.